The van der Waals surface area contributed by atoms with E-state index in [0.29, 0.717) is 5.56 Å². The summed E-state index contributed by atoms with van der Waals surface area (Å²) < 4.78 is 18.7. The van der Waals surface area contributed by atoms with Crippen molar-refractivity contribution in [1.29, 1.82) is 0 Å². The van der Waals surface area contributed by atoms with Crippen molar-refractivity contribution in [3.05, 3.63) is 29.6 Å². The SMILES string of the molecule is Cc1cc(OCCC2CCCNC2)ccc1F. The van der Waals surface area contributed by atoms with Gasteiger partial charge in [0.15, 0.2) is 0 Å². The van der Waals surface area contributed by atoms with Crippen LogP contribution in [0.5, 0.6) is 5.75 Å². The maximum Gasteiger partial charge on any atom is 0.126 e. The summed E-state index contributed by atoms with van der Waals surface area (Å²) in [7, 11) is 0. The predicted molar refractivity (Wildman–Crippen MR) is 66.8 cm³/mol. The minimum Gasteiger partial charge on any atom is -0.494 e. The van der Waals surface area contributed by atoms with Crippen molar-refractivity contribution in [2.75, 3.05) is 19.7 Å². The van der Waals surface area contributed by atoms with E-state index in [2.05, 4.69) is 5.32 Å². The van der Waals surface area contributed by atoms with E-state index in [4.69, 9.17) is 4.74 Å². The first-order valence-electron chi connectivity index (χ1n) is 6.35. The van der Waals surface area contributed by atoms with Gasteiger partial charge in [-0.1, -0.05) is 0 Å². The molecular weight excluding hydrogens is 217 g/mol. The Balaban J connectivity index is 1.75. The molecule has 1 unspecified atom stereocenters. The van der Waals surface area contributed by atoms with Crippen molar-refractivity contribution in [3.63, 3.8) is 0 Å². The molecule has 0 bridgehead atoms. The Morgan fingerprint density at radius 2 is 2.35 bits per heavy atom. The number of hydrogen-bond donors (Lipinski definition) is 1. The van der Waals surface area contributed by atoms with Gasteiger partial charge in [0.1, 0.15) is 11.6 Å². The lowest BCUT2D eigenvalue weighted by atomic mass is 9.97. The highest BCUT2D eigenvalue weighted by Crippen LogP contribution is 2.18. The van der Waals surface area contributed by atoms with Gasteiger partial charge in [0, 0.05) is 0 Å². The quantitative estimate of drug-likeness (QED) is 0.869. The van der Waals surface area contributed by atoms with Gasteiger partial charge in [0.05, 0.1) is 6.61 Å². The Bertz CT molecular complexity index is 361. The molecule has 1 fully saturated rings. The molecule has 1 aromatic carbocycles. The molecule has 1 aliphatic heterocycles. The molecule has 1 saturated heterocycles. The van der Waals surface area contributed by atoms with Crippen LogP contribution in [0, 0.1) is 18.7 Å². The van der Waals surface area contributed by atoms with Gasteiger partial charge in [-0.3, -0.25) is 0 Å². The summed E-state index contributed by atoms with van der Waals surface area (Å²) in [5.41, 5.74) is 0.641. The highest BCUT2D eigenvalue weighted by molar-refractivity contribution is 5.28. The number of hydrogen-bond acceptors (Lipinski definition) is 2. The summed E-state index contributed by atoms with van der Waals surface area (Å²) in [5.74, 6) is 1.33. The van der Waals surface area contributed by atoms with Gasteiger partial charge >= 0.3 is 0 Å². The van der Waals surface area contributed by atoms with Crippen LogP contribution < -0.4 is 10.1 Å². The topological polar surface area (TPSA) is 21.3 Å². The van der Waals surface area contributed by atoms with E-state index < -0.39 is 0 Å². The zero-order valence-corrected chi connectivity index (χ0v) is 10.3. The first-order chi connectivity index (χ1) is 8.25. The predicted octanol–water partition coefficient (Wildman–Crippen LogP) is 2.90. The van der Waals surface area contributed by atoms with Crippen LogP contribution in [-0.2, 0) is 0 Å². The Morgan fingerprint density at radius 1 is 1.47 bits per heavy atom. The Hall–Kier alpha value is -1.09. The number of benzene rings is 1. The Morgan fingerprint density at radius 3 is 3.06 bits per heavy atom. The molecule has 1 atom stereocenters. The first-order valence-corrected chi connectivity index (χ1v) is 6.35. The van der Waals surface area contributed by atoms with E-state index in [1.54, 1.807) is 19.1 Å². The molecule has 1 aromatic rings. The summed E-state index contributed by atoms with van der Waals surface area (Å²) in [6, 6.07) is 4.92. The second-order valence-corrected chi connectivity index (χ2v) is 4.76. The molecule has 1 heterocycles. The third-order valence-electron chi connectivity index (χ3n) is 3.32. The van der Waals surface area contributed by atoms with Gasteiger partial charge in [-0.15, -0.1) is 0 Å². The fraction of sp³-hybridized carbons (Fsp3) is 0.571. The number of ether oxygens (including phenoxy) is 1. The molecule has 1 N–H and O–H groups in total. The summed E-state index contributed by atoms with van der Waals surface area (Å²) in [6.07, 6.45) is 3.63. The third-order valence-corrected chi connectivity index (χ3v) is 3.32. The van der Waals surface area contributed by atoms with E-state index in [9.17, 15) is 4.39 Å². The molecule has 0 aromatic heterocycles. The van der Waals surface area contributed by atoms with Gasteiger partial charge in [-0.05, 0) is 69.0 Å². The van der Waals surface area contributed by atoms with Crippen LogP contribution in [0.2, 0.25) is 0 Å². The molecule has 0 saturated carbocycles. The molecule has 2 nitrogen and oxygen atoms in total. The normalized spacial score (nSPS) is 20.2. The summed E-state index contributed by atoms with van der Waals surface area (Å²) in [4.78, 5) is 0. The maximum atomic E-state index is 13.0. The lowest BCUT2D eigenvalue weighted by Crippen LogP contribution is -2.30. The Labute approximate surface area is 102 Å². The van der Waals surface area contributed by atoms with Gasteiger partial charge in [0.2, 0.25) is 0 Å². The van der Waals surface area contributed by atoms with E-state index >= 15 is 0 Å². The van der Waals surface area contributed by atoms with E-state index in [1.165, 1.54) is 18.9 Å². The smallest absolute Gasteiger partial charge is 0.126 e. The molecule has 17 heavy (non-hydrogen) atoms. The van der Waals surface area contributed by atoms with Crippen LogP contribution in [0.1, 0.15) is 24.8 Å². The van der Waals surface area contributed by atoms with Crippen molar-refractivity contribution in [2.45, 2.75) is 26.2 Å². The van der Waals surface area contributed by atoms with Crippen LogP contribution >= 0.6 is 0 Å². The molecule has 0 amide bonds. The van der Waals surface area contributed by atoms with E-state index in [0.717, 1.165) is 37.8 Å². The monoisotopic (exact) mass is 237 g/mol. The number of rotatable bonds is 4. The molecule has 1 aliphatic rings. The summed E-state index contributed by atoms with van der Waals surface area (Å²) in [5, 5.41) is 3.39. The minimum atomic E-state index is -0.172. The second kappa shape index (κ2) is 6.01. The lowest BCUT2D eigenvalue weighted by Gasteiger charge is -2.22. The fourth-order valence-corrected chi connectivity index (χ4v) is 2.22. The zero-order valence-electron chi connectivity index (χ0n) is 10.3. The van der Waals surface area contributed by atoms with Gasteiger partial charge in [-0.2, -0.15) is 0 Å². The van der Waals surface area contributed by atoms with Crippen molar-refractivity contribution < 1.29 is 9.13 Å². The standard InChI is InChI=1S/C14H20FNO/c1-11-9-13(4-5-14(11)15)17-8-6-12-3-2-7-16-10-12/h4-5,9,12,16H,2-3,6-8,10H2,1H3. The van der Waals surface area contributed by atoms with E-state index in [1.807, 2.05) is 0 Å². The van der Waals surface area contributed by atoms with Gasteiger partial charge < -0.3 is 10.1 Å². The zero-order chi connectivity index (χ0) is 12.1. The number of nitrogens with one attached hydrogen (secondary N) is 1. The van der Waals surface area contributed by atoms with Gasteiger partial charge in [0.25, 0.3) is 0 Å². The number of aryl methyl sites for hydroxylation is 1. The Kier molecular flexibility index (Phi) is 4.37. The van der Waals surface area contributed by atoms with Crippen molar-refractivity contribution in [1.82, 2.24) is 5.32 Å². The highest BCUT2D eigenvalue weighted by atomic mass is 19.1. The molecule has 0 radical (unpaired) electrons. The second-order valence-electron chi connectivity index (χ2n) is 4.76. The summed E-state index contributed by atoms with van der Waals surface area (Å²) in [6.45, 7) is 4.73. The molecule has 0 spiro atoms. The number of piperidine rings is 1. The lowest BCUT2D eigenvalue weighted by molar-refractivity contribution is 0.254. The van der Waals surface area contributed by atoms with Crippen molar-refractivity contribution in [3.8, 4) is 5.75 Å². The third kappa shape index (κ3) is 3.70. The average molecular weight is 237 g/mol. The van der Waals surface area contributed by atoms with Gasteiger partial charge in [-0.25, -0.2) is 4.39 Å². The summed E-state index contributed by atoms with van der Waals surface area (Å²) >= 11 is 0. The van der Waals surface area contributed by atoms with Crippen LogP contribution in [0.15, 0.2) is 18.2 Å². The van der Waals surface area contributed by atoms with Crippen LogP contribution in [-0.4, -0.2) is 19.7 Å². The van der Waals surface area contributed by atoms with Crippen molar-refractivity contribution in [2.24, 2.45) is 5.92 Å². The molecule has 0 aliphatic carbocycles. The minimum absolute atomic E-state index is 0.172. The van der Waals surface area contributed by atoms with Crippen molar-refractivity contribution >= 4 is 0 Å². The molecule has 3 heteroatoms. The average Bonchev–Trinajstić information content (AvgIpc) is 2.35. The molecule has 2 rings (SSSR count). The maximum absolute atomic E-state index is 13.0. The van der Waals surface area contributed by atoms with E-state index in [-0.39, 0.29) is 5.82 Å². The largest absolute Gasteiger partial charge is 0.494 e. The van der Waals surface area contributed by atoms with Crippen LogP contribution in [0.25, 0.3) is 0 Å². The number of halogens is 1. The molecule has 94 valence electrons. The molecular formula is C14H20FNO. The van der Waals surface area contributed by atoms with Crippen LogP contribution in [0.4, 0.5) is 4.39 Å². The highest BCUT2D eigenvalue weighted by Gasteiger charge is 2.12. The first kappa shape index (κ1) is 12.4. The van der Waals surface area contributed by atoms with Crippen LogP contribution in [0.3, 0.4) is 0 Å². The fourth-order valence-electron chi connectivity index (χ4n) is 2.22.